The maximum Gasteiger partial charge on any atom is 0.0323 e. The van der Waals surface area contributed by atoms with Gasteiger partial charge in [0.05, 0.1) is 0 Å². The van der Waals surface area contributed by atoms with E-state index in [1.165, 1.54) is 56.1 Å². The Labute approximate surface area is 105 Å². The third-order valence-corrected chi connectivity index (χ3v) is 4.08. The van der Waals surface area contributed by atoms with Crippen molar-refractivity contribution in [2.24, 2.45) is 11.7 Å². The second-order valence-electron chi connectivity index (χ2n) is 5.55. The van der Waals surface area contributed by atoms with Crippen LogP contribution in [0.5, 0.6) is 0 Å². The van der Waals surface area contributed by atoms with Crippen molar-refractivity contribution in [2.45, 2.75) is 57.9 Å². The third-order valence-electron chi connectivity index (χ3n) is 4.08. The highest BCUT2D eigenvalue weighted by Gasteiger charge is 2.20. The van der Waals surface area contributed by atoms with E-state index in [4.69, 9.17) is 5.73 Å². The Balaban J connectivity index is 2.04. The summed E-state index contributed by atoms with van der Waals surface area (Å²) in [5.74, 6) is 0.692. The molecule has 1 aliphatic carbocycles. The molecule has 17 heavy (non-hydrogen) atoms. The van der Waals surface area contributed by atoms with Crippen LogP contribution in [-0.4, -0.2) is 0 Å². The Hall–Kier alpha value is -0.820. The van der Waals surface area contributed by atoms with Crippen LogP contribution in [0.15, 0.2) is 24.3 Å². The first-order valence-electron chi connectivity index (χ1n) is 7.09. The normalized spacial score (nSPS) is 20.6. The van der Waals surface area contributed by atoms with Gasteiger partial charge in [-0.15, -0.1) is 0 Å². The van der Waals surface area contributed by atoms with Gasteiger partial charge in [0.2, 0.25) is 0 Å². The van der Waals surface area contributed by atoms with Crippen LogP contribution in [0.1, 0.15) is 62.1 Å². The van der Waals surface area contributed by atoms with Gasteiger partial charge < -0.3 is 5.73 Å². The lowest BCUT2D eigenvalue weighted by atomic mass is 9.83. The molecule has 0 saturated heterocycles. The van der Waals surface area contributed by atoms with Crippen molar-refractivity contribution in [3.05, 3.63) is 35.4 Å². The molecule has 1 nitrogen and oxygen atoms in total. The lowest BCUT2D eigenvalue weighted by Crippen LogP contribution is -2.22. The highest BCUT2D eigenvalue weighted by molar-refractivity contribution is 5.25. The van der Waals surface area contributed by atoms with Gasteiger partial charge in [-0.1, -0.05) is 61.9 Å². The first-order valence-corrected chi connectivity index (χ1v) is 7.09. The number of aryl methyl sites for hydroxylation is 1. The van der Waals surface area contributed by atoms with Crippen molar-refractivity contribution in [3.8, 4) is 0 Å². The average molecular weight is 231 g/mol. The predicted molar refractivity (Wildman–Crippen MR) is 73.9 cm³/mol. The molecule has 2 N–H and O–H groups in total. The molecule has 1 fully saturated rings. The second kappa shape index (κ2) is 6.20. The molecular formula is C16H25N. The smallest absolute Gasteiger partial charge is 0.0323 e. The lowest BCUT2D eigenvalue weighted by molar-refractivity contribution is 0.327. The fourth-order valence-corrected chi connectivity index (χ4v) is 3.00. The van der Waals surface area contributed by atoms with Crippen molar-refractivity contribution in [1.29, 1.82) is 0 Å². The van der Waals surface area contributed by atoms with Gasteiger partial charge in [0, 0.05) is 6.04 Å². The summed E-state index contributed by atoms with van der Waals surface area (Å²) < 4.78 is 0. The molecule has 0 heterocycles. The zero-order valence-electron chi connectivity index (χ0n) is 11.0. The van der Waals surface area contributed by atoms with Crippen LogP contribution in [0.2, 0.25) is 0 Å². The molecule has 1 atom stereocenters. The number of hydrogen-bond donors (Lipinski definition) is 1. The molecule has 1 aromatic carbocycles. The second-order valence-corrected chi connectivity index (χ2v) is 5.55. The maximum atomic E-state index is 6.46. The number of benzene rings is 1. The van der Waals surface area contributed by atoms with Gasteiger partial charge >= 0.3 is 0 Å². The molecule has 1 heteroatoms. The van der Waals surface area contributed by atoms with Crippen molar-refractivity contribution < 1.29 is 0 Å². The van der Waals surface area contributed by atoms with Crippen molar-refractivity contribution in [3.63, 3.8) is 0 Å². The van der Waals surface area contributed by atoms with E-state index in [1.807, 2.05) is 0 Å². The topological polar surface area (TPSA) is 26.0 Å². The minimum absolute atomic E-state index is 0.244. The zero-order chi connectivity index (χ0) is 12.1. The molecule has 94 valence electrons. The lowest BCUT2D eigenvalue weighted by Gasteiger charge is -2.26. The summed E-state index contributed by atoms with van der Waals surface area (Å²) >= 11 is 0. The minimum Gasteiger partial charge on any atom is -0.324 e. The fraction of sp³-hybridized carbons (Fsp3) is 0.625. The predicted octanol–water partition coefficient (Wildman–Crippen LogP) is 4.36. The van der Waals surface area contributed by atoms with Gasteiger partial charge in [0.25, 0.3) is 0 Å². The largest absolute Gasteiger partial charge is 0.324 e. The molecule has 0 aromatic heterocycles. The van der Waals surface area contributed by atoms with Gasteiger partial charge in [0.1, 0.15) is 0 Å². The molecule has 2 rings (SSSR count). The summed E-state index contributed by atoms with van der Waals surface area (Å²) in [6.45, 7) is 2.15. The molecule has 1 unspecified atom stereocenters. The van der Waals surface area contributed by atoms with Crippen molar-refractivity contribution in [2.75, 3.05) is 0 Å². The third kappa shape index (κ3) is 3.57. The quantitative estimate of drug-likeness (QED) is 0.804. The molecule has 0 bridgehead atoms. The molecular weight excluding hydrogens is 206 g/mol. The van der Waals surface area contributed by atoms with Crippen LogP contribution in [0.4, 0.5) is 0 Å². The first kappa shape index (κ1) is 12.6. The van der Waals surface area contributed by atoms with E-state index in [2.05, 4.69) is 31.2 Å². The van der Waals surface area contributed by atoms with Crippen LogP contribution >= 0.6 is 0 Å². The van der Waals surface area contributed by atoms with Crippen molar-refractivity contribution in [1.82, 2.24) is 0 Å². The molecule has 1 saturated carbocycles. The summed E-state index contributed by atoms with van der Waals surface area (Å²) in [5, 5.41) is 0. The van der Waals surface area contributed by atoms with Gasteiger partial charge in [-0.05, 0) is 31.2 Å². The Morgan fingerprint density at radius 1 is 1.06 bits per heavy atom. The molecule has 0 aliphatic heterocycles. The van der Waals surface area contributed by atoms with E-state index < -0.39 is 0 Å². The van der Waals surface area contributed by atoms with Crippen LogP contribution in [0.3, 0.4) is 0 Å². The first-order chi connectivity index (χ1) is 8.27. The van der Waals surface area contributed by atoms with E-state index in [0.29, 0.717) is 5.92 Å². The molecule has 1 aliphatic rings. The summed E-state index contributed by atoms with van der Waals surface area (Å²) in [6.07, 6.45) is 9.58. The number of hydrogen-bond acceptors (Lipinski definition) is 1. The Morgan fingerprint density at radius 2 is 1.71 bits per heavy atom. The number of nitrogens with two attached hydrogens (primary N) is 1. The minimum atomic E-state index is 0.244. The zero-order valence-corrected chi connectivity index (χ0v) is 11.0. The van der Waals surface area contributed by atoms with Gasteiger partial charge in [-0.3, -0.25) is 0 Å². The molecule has 0 radical (unpaired) electrons. The molecule has 1 aromatic rings. The standard InChI is InChI=1S/C16H25N/c1-13-8-7-11-15(12-13)16(17)14-9-5-3-2-4-6-10-14/h7-8,11-12,14,16H,2-6,9-10,17H2,1H3. The van der Waals surface area contributed by atoms with Gasteiger partial charge in [-0.2, -0.15) is 0 Å². The van der Waals surface area contributed by atoms with E-state index in [-0.39, 0.29) is 6.04 Å². The van der Waals surface area contributed by atoms with Crippen LogP contribution in [-0.2, 0) is 0 Å². The molecule has 0 amide bonds. The Morgan fingerprint density at radius 3 is 2.35 bits per heavy atom. The highest BCUT2D eigenvalue weighted by atomic mass is 14.7. The van der Waals surface area contributed by atoms with Crippen LogP contribution in [0.25, 0.3) is 0 Å². The maximum absolute atomic E-state index is 6.46. The van der Waals surface area contributed by atoms with E-state index >= 15 is 0 Å². The summed E-state index contributed by atoms with van der Waals surface area (Å²) in [5.41, 5.74) is 9.11. The van der Waals surface area contributed by atoms with Gasteiger partial charge in [0.15, 0.2) is 0 Å². The van der Waals surface area contributed by atoms with Crippen molar-refractivity contribution >= 4 is 0 Å². The number of rotatable bonds is 2. The Bertz CT molecular complexity index is 337. The SMILES string of the molecule is Cc1cccc(C(N)C2CCCCCCC2)c1. The molecule has 0 spiro atoms. The van der Waals surface area contributed by atoms with E-state index in [1.54, 1.807) is 0 Å². The summed E-state index contributed by atoms with van der Waals surface area (Å²) in [7, 11) is 0. The Kier molecular flexibility index (Phi) is 4.61. The van der Waals surface area contributed by atoms with E-state index in [0.717, 1.165) is 0 Å². The summed E-state index contributed by atoms with van der Waals surface area (Å²) in [4.78, 5) is 0. The van der Waals surface area contributed by atoms with Crippen LogP contribution < -0.4 is 5.73 Å². The summed E-state index contributed by atoms with van der Waals surface area (Å²) in [6, 6.07) is 8.97. The van der Waals surface area contributed by atoms with E-state index in [9.17, 15) is 0 Å². The average Bonchev–Trinajstić information content (AvgIpc) is 2.28. The van der Waals surface area contributed by atoms with Crippen LogP contribution in [0, 0.1) is 12.8 Å². The highest BCUT2D eigenvalue weighted by Crippen LogP contribution is 2.31. The monoisotopic (exact) mass is 231 g/mol. The van der Waals surface area contributed by atoms with Gasteiger partial charge in [-0.25, -0.2) is 0 Å². The fourth-order valence-electron chi connectivity index (χ4n) is 3.00.